The van der Waals surface area contributed by atoms with Gasteiger partial charge >= 0.3 is 0 Å². The van der Waals surface area contributed by atoms with Crippen molar-refractivity contribution in [2.75, 3.05) is 19.8 Å². The molecule has 0 aliphatic heterocycles. The number of nitrogens with zero attached hydrogens (tertiary/aromatic N) is 1. The molecule has 0 bridgehead atoms. The van der Waals surface area contributed by atoms with E-state index in [-0.39, 0.29) is 5.41 Å². The van der Waals surface area contributed by atoms with Gasteiger partial charge in [0.15, 0.2) is 0 Å². The van der Waals surface area contributed by atoms with Crippen LogP contribution in [-0.2, 0) is 10.3 Å². The average molecular weight is 288 g/mol. The van der Waals surface area contributed by atoms with Crippen LogP contribution < -0.4 is 5.32 Å². The lowest BCUT2D eigenvalue weighted by Crippen LogP contribution is -2.42. The molecule has 116 valence electrons. The number of hydrogen-bond acceptors (Lipinski definition) is 3. The van der Waals surface area contributed by atoms with Gasteiger partial charge in [-0.25, -0.2) is 0 Å². The maximum atomic E-state index is 9.68. The van der Waals surface area contributed by atoms with Crippen LogP contribution in [0.25, 0.3) is 0 Å². The third-order valence-electron chi connectivity index (χ3n) is 3.55. The van der Waals surface area contributed by atoms with Gasteiger partial charge in [-0.1, -0.05) is 58.0 Å². The Kier molecular flexibility index (Phi) is 6.87. The molecular formula is C18H28N2O. The summed E-state index contributed by atoms with van der Waals surface area (Å²) in [5, 5.41) is 13.0. The molecule has 0 saturated heterocycles. The fraction of sp³-hybridized carbons (Fsp3) is 0.611. The van der Waals surface area contributed by atoms with Crippen molar-refractivity contribution in [1.82, 2.24) is 5.32 Å². The molecule has 0 amide bonds. The summed E-state index contributed by atoms with van der Waals surface area (Å²) in [5.41, 5.74) is 0.638. The molecular weight excluding hydrogens is 260 g/mol. The first-order valence-corrected chi connectivity index (χ1v) is 7.73. The Labute approximate surface area is 129 Å². The van der Waals surface area contributed by atoms with E-state index in [1.165, 1.54) is 0 Å². The molecule has 1 aromatic carbocycles. The zero-order valence-electron chi connectivity index (χ0n) is 13.8. The van der Waals surface area contributed by atoms with E-state index < -0.39 is 5.54 Å². The van der Waals surface area contributed by atoms with Crippen LogP contribution in [0.15, 0.2) is 30.3 Å². The summed E-state index contributed by atoms with van der Waals surface area (Å²) in [7, 11) is 0. The van der Waals surface area contributed by atoms with E-state index in [0.717, 1.165) is 25.1 Å². The van der Waals surface area contributed by atoms with Crippen LogP contribution in [0.3, 0.4) is 0 Å². The molecule has 0 fully saturated rings. The van der Waals surface area contributed by atoms with Gasteiger partial charge in [-0.05, 0) is 23.9 Å². The smallest absolute Gasteiger partial charge is 0.134 e. The second kappa shape index (κ2) is 8.17. The van der Waals surface area contributed by atoms with E-state index in [2.05, 4.69) is 32.2 Å². The van der Waals surface area contributed by atoms with Crippen LogP contribution >= 0.6 is 0 Å². The second-order valence-corrected chi connectivity index (χ2v) is 6.59. The Bertz CT molecular complexity index is 445. The van der Waals surface area contributed by atoms with Crippen LogP contribution in [0.2, 0.25) is 0 Å². The fourth-order valence-corrected chi connectivity index (χ4v) is 2.22. The highest BCUT2D eigenvalue weighted by Crippen LogP contribution is 2.25. The van der Waals surface area contributed by atoms with E-state index in [1.807, 2.05) is 37.3 Å². The van der Waals surface area contributed by atoms with Crippen LogP contribution in [0.5, 0.6) is 0 Å². The second-order valence-electron chi connectivity index (χ2n) is 6.59. The highest BCUT2D eigenvalue weighted by molar-refractivity contribution is 5.31. The number of ether oxygens (including phenoxy) is 1. The quantitative estimate of drug-likeness (QED) is 0.739. The molecule has 3 nitrogen and oxygen atoms in total. The zero-order chi connectivity index (χ0) is 15.8. The summed E-state index contributed by atoms with van der Waals surface area (Å²) in [6, 6.07) is 12.4. The molecule has 3 heteroatoms. The molecule has 0 aliphatic rings. The van der Waals surface area contributed by atoms with Gasteiger partial charge in [0, 0.05) is 19.6 Å². The third kappa shape index (κ3) is 5.87. The minimum Gasteiger partial charge on any atom is -0.381 e. The molecule has 0 heterocycles. The Balaban J connectivity index is 2.62. The number of hydrogen-bond donors (Lipinski definition) is 1. The van der Waals surface area contributed by atoms with Crippen molar-refractivity contribution in [3.05, 3.63) is 35.9 Å². The first-order valence-electron chi connectivity index (χ1n) is 7.73. The number of benzene rings is 1. The Morgan fingerprint density at radius 1 is 1.10 bits per heavy atom. The maximum absolute atomic E-state index is 9.68. The van der Waals surface area contributed by atoms with Gasteiger partial charge in [0.1, 0.15) is 5.54 Å². The highest BCUT2D eigenvalue weighted by Gasteiger charge is 2.30. The predicted molar refractivity (Wildman–Crippen MR) is 86.9 cm³/mol. The maximum Gasteiger partial charge on any atom is 0.134 e. The van der Waals surface area contributed by atoms with Crippen LogP contribution in [0.4, 0.5) is 0 Å². The Hall–Kier alpha value is -1.37. The average Bonchev–Trinajstić information content (AvgIpc) is 2.45. The van der Waals surface area contributed by atoms with E-state index in [9.17, 15) is 5.26 Å². The summed E-state index contributed by atoms with van der Waals surface area (Å²) < 4.78 is 5.74. The molecule has 0 aromatic heterocycles. The molecule has 1 unspecified atom stereocenters. The molecule has 1 atom stereocenters. The first-order chi connectivity index (χ1) is 9.93. The molecule has 0 aliphatic carbocycles. The minimum atomic E-state index is -0.655. The Morgan fingerprint density at radius 3 is 2.24 bits per heavy atom. The van der Waals surface area contributed by atoms with Gasteiger partial charge in [-0.15, -0.1) is 0 Å². The summed E-state index contributed by atoms with van der Waals surface area (Å²) in [5.74, 6) is 0. The SMILES string of the molecule is CCNC(C#N)(CCOCCC(C)(C)C)c1ccccc1. The molecule has 21 heavy (non-hydrogen) atoms. The van der Waals surface area contributed by atoms with E-state index in [0.29, 0.717) is 13.0 Å². The number of rotatable bonds is 8. The van der Waals surface area contributed by atoms with Gasteiger partial charge in [-0.2, -0.15) is 5.26 Å². The monoisotopic (exact) mass is 288 g/mol. The van der Waals surface area contributed by atoms with Crippen LogP contribution in [0.1, 0.15) is 46.1 Å². The van der Waals surface area contributed by atoms with E-state index in [4.69, 9.17) is 4.74 Å². The van der Waals surface area contributed by atoms with Gasteiger partial charge in [0.25, 0.3) is 0 Å². The molecule has 0 radical (unpaired) electrons. The zero-order valence-corrected chi connectivity index (χ0v) is 13.8. The molecule has 1 N–H and O–H groups in total. The van der Waals surface area contributed by atoms with E-state index in [1.54, 1.807) is 0 Å². The summed E-state index contributed by atoms with van der Waals surface area (Å²) in [6.45, 7) is 10.7. The Morgan fingerprint density at radius 2 is 1.71 bits per heavy atom. The van der Waals surface area contributed by atoms with Gasteiger partial charge in [0.05, 0.1) is 6.07 Å². The minimum absolute atomic E-state index is 0.285. The van der Waals surface area contributed by atoms with Crippen molar-refractivity contribution in [1.29, 1.82) is 5.26 Å². The van der Waals surface area contributed by atoms with Crippen molar-refractivity contribution >= 4 is 0 Å². The summed E-state index contributed by atoms with van der Waals surface area (Å²) in [4.78, 5) is 0. The molecule has 0 spiro atoms. The number of nitrogens with one attached hydrogen (secondary N) is 1. The summed E-state index contributed by atoms with van der Waals surface area (Å²) >= 11 is 0. The topological polar surface area (TPSA) is 45.0 Å². The van der Waals surface area contributed by atoms with Crippen molar-refractivity contribution in [2.24, 2.45) is 5.41 Å². The van der Waals surface area contributed by atoms with E-state index >= 15 is 0 Å². The largest absolute Gasteiger partial charge is 0.381 e. The number of nitriles is 1. The van der Waals surface area contributed by atoms with Gasteiger partial charge in [0.2, 0.25) is 0 Å². The lowest BCUT2D eigenvalue weighted by atomic mass is 9.88. The normalized spacial score (nSPS) is 14.4. The highest BCUT2D eigenvalue weighted by atomic mass is 16.5. The van der Waals surface area contributed by atoms with Crippen molar-refractivity contribution in [3.8, 4) is 6.07 Å². The lowest BCUT2D eigenvalue weighted by Gasteiger charge is -2.28. The molecule has 1 rings (SSSR count). The van der Waals surface area contributed by atoms with Crippen molar-refractivity contribution < 1.29 is 4.74 Å². The summed E-state index contributed by atoms with van der Waals surface area (Å²) in [6.07, 6.45) is 1.69. The van der Waals surface area contributed by atoms with Gasteiger partial charge < -0.3 is 4.74 Å². The van der Waals surface area contributed by atoms with Crippen molar-refractivity contribution in [3.63, 3.8) is 0 Å². The van der Waals surface area contributed by atoms with Crippen molar-refractivity contribution in [2.45, 2.75) is 46.1 Å². The first kappa shape index (κ1) is 17.7. The van der Waals surface area contributed by atoms with Gasteiger partial charge in [-0.3, -0.25) is 5.32 Å². The fourth-order valence-electron chi connectivity index (χ4n) is 2.22. The third-order valence-corrected chi connectivity index (χ3v) is 3.55. The molecule has 1 aromatic rings. The lowest BCUT2D eigenvalue weighted by molar-refractivity contribution is 0.0939. The predicted octanol–water partition coefficient (Wildman–Crippen LogP) is 3.86. The molecule has 0 saturated carbocycles. The van der Waals surface area contributed by atoms with Crippen LogP contribution in [-0.4, -0.2) is 19.8 Å². The van der Waals surface area contributed by atoms with Crippen LogP contribution in [0, 0.1) is 16.7 Å². The standard InChI is InChI=1S/C18H28N2O/c1-5-20-18(15-19,16-9-7-6-8-10-16)12-14-21-13-11-17(2,3)4/h6-10,20H,5,11-14H2,1-4H3.